The van der Waals surface area contributed by atoms with Gasteiger partial charge < -0.3 is 9.47 Å². The minimum atomic E-state index is -0.722. The molecule has 0 bridgehead atoms. The molecule has 0 unspecified atom stereocenters. The van der Waals surface area contributed by atoms with Crippen molar-refractivity contribution in [1.82, 2.24) is 4.90 Å². The zero-order valence-electron chi connectivity index (χ0n) is 14.8. The van der Waals surface area contributed by atoms with Gasteiger partial charge in [-0.2, -0.15) is 0 Å². The first-order valence-electron chi connectivity index (χ1n) is 8.04. The third-order valence-electron chi connectivity index (χ3n) is 3.16. The van der Waals surface area contributed by atoms with Gasteiger partial charge in [-0.1, -0.05) is 46.3 Å². The first-order valence-corrected chi connectivity index (χ1v) is 9.16. The zero-order chi connectivity index (χ0) is 18.2. The van der Waals surface area contributed by atoms with Gasteiger partial charge in [-0.05, 0) is 33.3 Å². The number of nitrogens with zero attached hydrogens (tertiary/aromatic N) is 1. The van der Waals surface area contributed by atoms with Crippen LogP contribution >= 0.6 is 15.9 Å². The Morgan fingerprint density at radius 1 is 1.21 bits per heavy atom. The fourth-order valence-electron chi connectivity index (χ4n) is 2.18. The number of hydrogen-bond donors (Lipinski definition) is 0. The molecule has 1 rings (SSSR count). The van der Waals surface area contributed by atoms with Crippen molar-refractivity contribution >= 4 is 28.0 Å². The van der Waals surface area contributed by atoms with E-state index in [1.807, 2.05) is 30.3 Å². The number of hydrogen-bond acceptors (Lipinski definition) is 4. The monoisotopic (exact) mass is 399 g/mol. The molecule has 0 aliphatic rings. The molecule has 0 fully saturated rings. The van der Waals surface area contributed by atoms with E-state index in [0.717, 1.165) is 5.56 Å². The Bertz CT molecular complexity index is 528. The normalized spacial score (nSPS) is 12.4. The van der Waals surface area contributed by atoms with Crippen molar-refractivity contribution in [2.24, 2.45) is 0 Å². The molecule has 0 heterocycles. The Morgan fingerprint density at radius 3 is 2.33 bits per heavy atom. The van der Waals surface area contributed by atoms with E-state index in [9.17, 15) is 9.59 Å². The minimum Gasteiger partial charge on any atom is -0.464 e. The van der Waals surface area contributed by atoms with E-state index in [2.05, 4.69) is 15.9 Å². The average molecular weight is 400 g/mol. The van der Waals surface area contributed by atoms with Crippen molar-refractivity contribution in [3.63, 3.8) is 0 Å². The molecule has 0 aliphatic heterocycles. The molecule has 134 valence electrons. The van der Waals surface area contributed by atoms with E-state index >= 15 is 0 Å². The number of carbonyl (C=O) groups excluding carboxylic acids is 2. The quantitative estimate of drug-likeness (QED) is 0.516. The third kappa shape index (κ3) is 6.91. The lowest BCUT2D eigenvalue weighted by Crippen LogP contribution is -2.49. The molecule has 0 aliphatic carbocycles. The molecule has 6 heteroatoms. The number of rotatable bonds is 7. The molecular formula is C18H26BrNO4. The van der Waals surface area contributed by atoms with Crippen LogP contribution in [0.2, 0.25) is 0 Å². The molecule has 0 aromatic heterocycles. The number of benzene rings is 1. The molecule has 0 saturated carbocycles. The van der Waals surface area contributed by atoms with Gasteiger partial charge in [-0.3, -0.25) is 4.90 Å². The molecule has 1 atom stereocenters. The van der Waals surface area contributed by atoms with Crippen LogP contribution in [0.5, 0.6) is 0 Å². The molecule has 1 aromatic carbocycles. The van der Waals surface area contributed by atoms with Crippen LogP contribution in [-0.4, -0.2) is 47.1 Å². The number of amides is 1. The van der Waals surface area contributed by atoms with E-state index in [4.69, 9.17) is 9.47 Å². The van der Waals surface area contributed by atoms with Crippen molar-refractivity contribution in [1.29, 1.82) is 0 Å². The van der Waals surface area contributed by atoms with Crippen LogP contribution in [0.4, 0.5) is 4.79 Å². The highest BCUT2D eigenvalue weighted by molar-refractivity contribution is 9.09. The Labute approximate surface area is 152 Å². The van der Waals surface area contributed by atoms with Crippen LogP contribution in [0.15, 0.2) is 30.3 Å². The smallest absolute Gasteiger partial charge is 0.411 e. The van der Waals surface area contributed by atoms with Crippen LogP contribution in [0, 0.1) is 0 Å². The van der Waals surface area contributed by atoms with Gasteiger partial charge in [0.1, 0.15) is 11.6 Å². The van der Waals surface area contributed by atoms with Gasteiger partial charge in [0.05, 0.1) is 6.61 Å². The van der Waals surface area contributed by atoms with Gasteiger partial charge >= 0.3 is 12.1 Å². The first-order chi connectivity index (χ1) is 11.3. The average Bonchev–Trinajstić information content (AvgIpc) is 2.50. The Morgan fingerprint density at radius 2 is 1.83 bits per heavy atom. The molecule has 5 nitrogen and oxygen atoms in total. The van der Waals surface area contributed by atoms with E-state index in [1.54, 1.807) is 27.7 Å². The number of ether oxygens (including phenoxy) is 2. The highest BCUT2D eigenvalue weighted by Gasteiger charge is 2.33. The van der Waals surface area contributed by atoms with Gasteiger partial charge in [-0.15, -0.1) is 0 Å². The van der Waals surface area contributed by atoms with Gasteiger partial charge in [0.25, 0.3) is 0 Å². The zero-order valence-corrected chi connectivity index (χ0v) is 16.3. The fourth-order valence-corrected chi connectivity index (χ4v) is 2.56. The summed E-state index contributed by atoms with van der Waals surface area (Å²) in [5, 5.41) is 0.539. The summed E-state index contributed by atoms with van der Waals surface area (Å²) in [7, 11) is 0. The lowest BCUT2D eigenvalue weighted by molar-refractivity contribution is -0.149. The summed E-state index contributed by atoms with van der Waals surface area (Å²) in [4.78, 5) is 26.4. The predicted molar refractivity (Wildman–Crippen MR) is 97.3 cm³/mol. The number of esters is 1. The van der Waals surface area contributed by atoms with Crippen molar-refractivity contribution in [3.05, 3.63) is 35.9 Å². The third-order valence-corrected chi connectivity index (χ3v) is 3.51. The fraction of sp³-hybridized carbons (Fsp3) is 0.556. The topological polar surface area (TPSA) is 55.8 Å². The standard InChI is InChI=1S/C18H26BrNO4/c1-5-23-16(21)15(13-14-9-7-6-8-10-14)20(12-11-19)17(22)24-18(2,3)4/h6-10,15H,5,11-13H2,1-4H3/t15-/m1/s1. The van der Waals surface area contributed by atoms with Crippen LogP contribution in [0.3, 0.4) is 0 Å². The van der Waals surface area contributed by atoms with Crippen molar-refractivity contribution in [2.75, 3.05) is 18.5 Å². The van der Waals surface area contributed by atoms with Gasteiger partial charge in [0.15, 0.2) is 0 Å². The lowest BCUT2D eigenvalue weighted by Gasteiger charge is -2.32. The molecular weight excluding hydrogens is 374 g/mol. The van der Waals surface area contributed by atoms with E-state index < -0.39 is 23.7 Å². The molecule has 0 radical (unpaired) electrons. The maximum Gasteiger partial charge on any atom is 0.411 e. The van der Waals surface area contributed by atoms with E-state index in [0.29, 0.717) is 18.3 Å². The summed E-state index contributed by atoms with van der Waals surface area (Å²) < 4.78 is 10.6. The number of halogens is 1. The Kier molecular flexibility index (Phi) is 8.25. The second-order valence-electron chi connectivity index (χ2n) is 6.32. The number of carbonyl (C=O) groups is 2. The van der Waals surface area contributed by atoms with Gasteiger partial charge in [-0.25, -0.2) is 9.59 Å². The second kappa shape index (κ2) is 9.67. The summed E-state index contributed by atoms with van der Waals surface area (Å²) in [5.74, 6) is -0.423. The van der Waals surface area contributed by atoms with Crippen molar-refractivity contribution < 1.29 is 19.1 Å². The second-order valence-corrected chi connectivity index (χ2v) is 7.11. The minimum absolute atomic E-state index is 0.264. The maximum atomic E-state index is 12.6. The largest absolute Gasteiger partial charge is 0.464 e. The van der Waals surface area contributed by atoms with Crippen molar-refractivity contribution in [2.45, 2.75) is 45.8 Å². The molecule has 0 N–H and O–H groups in total. The van der Waals surface area contributed by atoms with Crippen LogP contribution < -0.4 is 0 Å². The van der Waals surface area contributed by atoms with E-state index in [-0.39, 0.29) is 6.61 Å². The van der Waals surface area contributed by atoms with Gasteiger partial charge in [0.2, 0.25) is 0 Å². The predicted octanol–water partition coefficient (Wildman–Crippen LogP) is 3.79. The summed E-state index contributed by atoms with van der Waals surface area (Å²) >= 11 is 3.34. The van der Waals surface area contributed by atoms with Crippen LogP contribution in [-0.2, 0) is 20.7 Å². The summed E-state index contributed by atoms with van der Waals surface area (Å²) in [5.41, 5.74) is 0.326. The molecule has 1 amide bonds. The van der Waals surface area contributed by atoms with Crippen LogP contribution in [0.1, 0.15) is 33.3 Å². The molecule has 24 heavy (non-hydrogen) atoms. The first kappa shape index (κ1) is 20.5. The number of alkyl halides is 1. The Balaban J connectivity index is 3.05. The van der Waals surface area contributed by atoms with Crippen molar-refractivity contribution in [3.8, 4) is 0 Å². The molecule has 0 saturated heterocycles. The molecule has 1 aromatic rings. The Hall–Kier alpha value is -1.56. The van der Waals surface area contributed by atoms with Gasteiger partial charge in [0, 0.05) is 18.3 Å². The summed E-state index contributed by atoms with van der Waals surface area (Å²) in [6.07, 6.45) is -0.137. The van der Waals surface area contributed by atoms with Crippen LogP contribution in [0.25, 0.3) is 0 Å². The highest BCUT2D eigenvalue weighted by atomic mass is 79.9. The molecule has 0 spiro atoms. The summed E-state index contributed by atoms with van der Waals surface area (Å²) in [6.45, 7) is 7.76. The maximum absolute atomic E-state index is 12.6. The summed E-state index contributed by atoms with van der Waals surface area (Å²) in [6, 6.07) is 8.84. The SMILES string of the molecule is CCOC(=O)[C@@H](Cc1ccccc1)N(CCBr)C(=O)OC(C)(C)C. The van der Waals surface area contributed by atoms with E-state index in [1.165, 1.54) is 4.90 Å². The lowest BCUT2D eigenvalue weighted by atomic mass is 10.0. The highest BCUT2D eigenvalue weighted by Crippen LogP contribution is 2.16.